The number of nitrogens with zero attached hydrogens (tertiary/aromatic N) is 3. The molecule has 1 saturated carbocycles. The summed E-state index contributed by atoms with van der Waals surface area (Å²) in [6.45, 7) is 12.1. The summed E-state index contributed by atoms with van der Waals surface area (Å²) in [6.07, 6.45) is 7.17. The van der Waals surface area contributed by atoms with Gasteiger partial charge >= 0.3 is 0 Å². The highest BCUT2D eigenvalue weighted by Crippen LogP contribution is 2.60. The quantitative estimate of drug-likeness (QED) is 0.888. The Morgan fingerprint density at radius 2 is 1.93 bits per heavy atom. The number of nitrogens with one attached hydrogen (secondary N) is 1. The Bertz CT molecular complexity index is 679. The number of pyridine rings is 1. The van der Waals surface area contributed by atoms with Gasteiger partial charge in [0.1, 0.15) is 5.69 Å². The van der Waals surface area contributed by atoms with Crippen molar-refractivity contribution in [3.63, 3.8) is 0 Å². The maximum Gasteiger partial charge on any atom is 0.269 e. The van der Waals surface area contributed by atoms with Crippen LogP contribution in [0.25, 0.3) is 0 Å². The maximum absolute atomic E-state index is 11.7. The van der Waals surface area contributed by atoms with Gasteiger partial charge in [-0.3, -0.25) is 9.69 Å². The van der Waals surface area contributed by atoms with Gasteiger partial charge in [0.25, 0.3) is 5.91 Å². The summed E-state index contributed by atoms with van der Waals surface area (Å²) in [6, 6.07) is 4.58. The van der Waals surface area contributed by atoms with Crippen LogP contribution < -0.4 is 10.2 Å². The van der Waals surface area contributed by atoms with Crippen LogP contribution >= 0.6 is 0 Å². The fourth-order valence-corrected chi connectivity index (χ4v) is 5.54. The van der Waals surface area contributed by atoms with E-state index >= 15 is 0 Å². The van der Waals surface area contributed by atoms with Crippen molar-refractivity contribution in [3.05, 3.63) is 24.0 Å². The van der Waals surface area contributed by atoms with Crippen LogP contribution in [0.2, 0.25) is 0 Å². The van der Waals surface area contributed by atoms with Crippen LogP contribution in [-0.2, 0) is 0 Å². The third kappa shape index (κ3) is 3.35. The second-order valence-electron chi connectivity index (χ2n) is 9.93. The molecule has 0 atom stereocenters. The van der Waals surface area contributed by atoms with Crippen molar-refractivity contribution in [2.45, 2.75) is 52.5 Å². The Morgan fingerprint density at radius 1 is 1.22 bits per heavy atom. The molecule has 1 N–H and O–H groups in total. The molecule has 1 amide bonds. The topological polar surface area (TPSA) is 48.5 Å². The number of hydrogen-bond acceptors (Lipinski definition) is 4. The van der Waals surface area contributed by atoms with E-state index in [4.69, 9.17) is 0 Å². The van der Waals surface area contributed by atoms with Crippen molar-refractivity contribution in [1.82, 2.24) is 15.2 Å². The smallest absolute Gasteiger partial charge is 0.269 e. The summed E-state index contributed by atoms with van der Waals surface area (Å²) in [4.78, 5) is 21.2. The molecule has 1 aromatic heterocycles. The molecule has 148 valence electrons. The number of rotatable bonds is 3. The molecule has 0 radical (unpaired) electrons. The number of fused-ring (bicyclic) bond motifs is 2. The van der Waals surface area contributed by atoms with Gasteiger partial charge in [-0.2, -0.15) is 0 Å². The molecule has 2 bridgehead atoms. The van der Waals surface area contributed by atoms with Gasteiger partial charge in [-0.15, -0.1) is 0 Å². The van der Waals surface area contributed by atoms with Gasteiger partial charge in [0.15, 0.2) is 0 Å². The van der Waals surface area contributed by atoms with E-state index in [0.29, 0.717) is 16.5 Å². The Balaban J connectivity index is 1.35. The minimum Gasteiger partial charge on any atom is -0.370 e. The van der Waals surface area contributed by atoms with E-state index in [1.807, 2.05) is 18.3 Å². The van der Waals surface area contributed by atoms with Crippen molar-refractivity contribution < 1.29 is 4.79 Å². The van der Waals surface area contributed by atoms with Gasteiger partial charge < -0.3 is 10.2 Å². The van der Waals surface area contributed by atoms with Crippen LogP contribution in [0.5, 0.6) is 0 Å². The highest BCUT2D eigenvalue weighted by molar-refractivity contribution is 5.92. The van der Waals surface area contributed by atoms with Crippen LogP contribution in [0.3, 0.4) is 0 Å². The Hall–Kier alpha value is -1.62. The molecule has 4 fully saturated rings. The average molecular weight is 371 g/mol. The standard InChI is InChI=1S/C22H34N4O/c1-21(2,3)22-11-16(12-22)14-26(15-22)17-7-9-25(10-8-17)18-5-6-19(24-13-18)20(27)23-4/h5-6,13,16-17H,7-12,14-15H2,1-4H3,(H,23,27). The third-order valence-corrected chi connectivity index (χ3v) is 7.50. The number of piperidine rings is 3. The zero-order valence-electron chi connectivity index (χ0n) is 17.3. The summed E-state index contributed by atoms with van der Waals surface area (Å²) in [5, 5.41) is 2.62. The van der Waals surface area contributed by atoms with E-state index in [0.717, 1.165) is 30.7 Å². The monoisotopic (exact) mass is 370 g/mol. The highest BCUT2D eigenvalue weighted by Gasteiger charge is 2.56. The zero-order valence-corrected chi connectivity index (χ0v) is 17.3. The molecule has 3 aliphatic heterocycles. The molecule has 27 heavy (non-hydrogen) atoms. The van der Waals surface area contributed by atoms with E-state index in [2.05, 4.69) is 40.9 Å². The number of amides is 1. The van der Waals surface area contributed by atoms with Crippen molar-refractivity contribution >= 4 is 11.6 Å². The van der Waals surface area contributed by atoms with Gasteiger partial charge in [-0.25, -0.2) is 4.98 Å². The Morgan fingerprint density at radius 3 is 2.48 bits per heavy atom. The van der Waals surface area contributed by atoms with Crippen molar-refractivity contribution in [2.24, 2.45) is 16.7 Å². The lowest BCUT2D eigenvalue weighted by Crippen LogP contribution is -2.64. The van der Waals surface area contributed by atoms with Crippen LogP contribution in [-0.4, -0.2) is 55.1 Å². The lowest BCUT2D eigenvalue weighted by molar-refractivity contribution is -0.140. The number of aromatic nitrogens is 1. The van der Waals surface area contributed by atoms with E-state index in [9.17, 15) is 4.79 Å². The second-order valence-corrected chi connectivity index (χ2v) is 9.93. The van der Waals surface area contributed by atoms with Gasteiger partial charge in [0.2, 0.25) is 0 Å². The van der Waals surface area contributed by atoms with E-state index in [-0.39, 0.29) is 5.91 Å². The van der Waals surface area contributed by atoms with Crippen LogP contribution in [0.1, 0.15) is 56.9 Å². The Kier molecular flexibility index (Phi) is 4.69. The van der Waals surface area contributed by atoms with Gasteiger partial charge in [0.05, 0.1) is 11.9 Å². The molecule has 4 heterocycles. The molecule has 5 nitrogen and oxygen atoms in total. The first-order valence-corrected chi connectivity index (χ1v) is 10.5. The van der Waals surface area contributed by atoms with Crippen molar-refractivity contribution in [2.75, 3.05) is 38.1 Å². The molecular formula is C22H34N4O. The minimum atomic E-state index is -0.128. The summed E-state index contributed by atoms with van der Waals surface area (Å²) in [7, 11) is 1.64. The first kappa shape index (κ1) is 18.7. The predicted octanol–water partition coefficient (Wildman–Crippen LogP) is 3.17. The average Bonchev–Trinajstić information content (AvgIpc) is 2.66. The summed E-state index contributed by atoms with van der Waals surface area (Å²) >= 11 is 0. The number of hydrogen-bond donors (Lipinski definition) is 1. The normalized spacial score (nSPS) is 29.3. The first-order chi connectivity index (χ1) is 12.8. The van der Waals surface area contributed by atoms with Crippen LogP contribution in [0.4, 0.5) is 5.69 Å². The fourth-order valence-electron chi connectivity index (χ4n) is 5.54. The molecule has 4 aliphatic rings. The largest absolute Gasteiger partial charge is 0.370 e. The molecule has 0 unspecified atom stereocenters. The second kappa shape index (κ2) is 6.77. The van der Waals surface area contributed by atoms with Gasteiger partial charge in [0, 0.05) is 39.3 Å². The lowest BCUT2D eigenvalue weighted by Gasteiger charge is -2.64. The highest BCUT2D eigenvalue weighted by atomic mass is 16.1. The van der Waals surface area contributed by atoms with Crippen LogP contribution in [0, 0.1) is 16.7 Å². The van der Waals surface area contributed by atoms with E-state index < -0.39 is 0 Å². The SMILES string of the molecule is CNC(=O)c1ccc(N2CCC(N3CC4CC(C(C)(C)C)(C4)C3)CC2)cn1. The molecule has 0 aromatic carbocycles. The zero-order chi connectivity index (χ0) is 19.2. The van der Waals surface area contributed by atoms with E-state index in [1.54, 1.807) is 7.05 Å². The van der Waals surface area contributed by atoms with Crippen molar-refractivity contribution in [1.29, 1.82) is 0 Å². The summed E-state index contributed by atoms with van der Waals surface area (Å²) in [5.41, 5.74) is 2.58. The number of carbonyl (C=O) groups is 1. The van der Waals surface area contributed by atoms with E-state index in [1.165, 1.54) is 38.8 Å². The lowest BCUT2D eigenvalue weighted by atomic mass is 9.48. The molecule has 1 aliphatic carbocycles. The molecule has 3 saturated heterocycles. The first-order valence-electron chi connectivity index (χ1n) is 10.5. The molecule has 1 aromatic rings. The maximum atomic E-state index is 11.7. The number of anilines is 1. The van der Waals surface area contributed by atoms with Gasteiger partial charge in [-0.1, -0.05) is 20.8 Å². The molecule has 0 spiro atoms. The Labute approximate surface area is 163 Å². The molecule has 5 heteroatoms. The number of carbonyl (C=O) groups excluding carboxylic acids is 1. The minimum absolute atomic E-state index is 0.128. The van der Waals surface area contributed by atoms with Crippen LogP contribution in [0.15, 0.2) is 18.3 Å². The van der Waals surface area contributed by atoms with Crippen molar-refractivity contribution in [3.8, 4) is 0 Å². The molecular weight excluding hydrogens is 336 g/mol. The summed E-state index contributed by atoms with van der Waals surface area (Å²) in [5.74, 6) is 0.800. The summed E-state index contributed by atoms with van der Waals surface area (Å²) < 4.78 is 0. The fraction of sp³-hybridized carbons (Fsp3) is 0.727. The predicted molar refractivity (Wildman–Crippen MR) is 109 cm³/mol. The van der Waals surface area contributed by atoms with Gasteiger partial charge in [-0.05, 0) is 54.6 Å². The molecule has 5 rings (SSSR count). The third-order valence-electron chi connectivity index (χ3n) is 7.50.